The van der Waals surface area contributed by atoms with E-state index in [0.717, 1.165) is 41.3 Å². The molecule has 1 aliphatic rings. The molecule has 3 rings (SSSR count). The molecule has 1 aromatic heterocycles. The van der Waals surface area contributed by atoms with Crippen LogP contribution >= 0.6 is 0 Å². The number of pyridine rings is 1. The number of hydrogen-bond acceptors (Lipinski definition) is 3. The highest BCUT2D eigenvalue weighted by Gasteiger charge is 2.29. The van der Waals surface area contributed by atoms with Gasteiger partial charge in [-0.1, -0.05) is 18.1 Å². The Kier molecular flexibility index (Phi) is 5.23. The normalized spacial score (nSPS) is 14.5. The van der Waals surface area contributed by atoms with Gasteiger partial charge in [0.25, 0.3) is 5.56 Å². The van der Waals surface area contributed by atoms with E-state index in [1.54, 1.807) is 12.0 Å². The first kappa shape index (κ1) is 17.7. The molecule has 1 saturated carbocycles. The predicted octanol–water partition coefficient (Wildman–Crippen LogP) is 2.92. The highest BCUT2D eigenvalue weighted by Crippen LogP contribution is 2.28. The zero-order valence-corrected chi connectivity index (χ0v) is 15.2. The summed E-state index contributed by atoms with van der Waals surface area (Å²) in [7, 11) is 1.63. The van der Waals surface area contributed by atoms with Gasteiger partial charge in [-0.25, -0.2) is 0 Å². The largest absolute Gasteiger partial charge is 0.383 e. The van der Waals surface area contributed by atoms with Crippen LogP contribution in [0.15, 0.2) is 23.0 Å². The van der Waals surface area contributed by atoms with Crippen molar-refractivity contribution in [1.82, 2.24) is 9.88 Å². The van der Waals surface area contributed by atoms with E-state index < -0.39 is 0 Å². The average Bonchev–Trinajstić information content (AvgIpc) is 2.50. The third-order valence-electron chi connectivity index (χ3n) is 5.06. The Morgan fingerprint density at radius 1 is 1.28 bits per heavy atom. The van der Waals surface area contributed by atoms with Gasteiger partial charge in [0.1, 0.15) is 0 Å². The minimum atomic E-state index is -0.122. The first-order valence-electron chi connectivity index (χ1n) is 8.90. The van der Waals surface area contributed by atoms with Gasteiger partial charge in [0, 0.05) is 25.1 Å². The van der Waals surface area contributed by atoms with Crippen molar-refractivity contribution in [2.45, 2.75) is 39.7 Å². The number of rotatable bonds is 6. The minimum Gasteiger partial charge on any atom is -0.383 e. The molecule has 0 unspecified atom stereocenters. The van der Waals surface area contributed by atoms with E-state index >= 15 is 0 Å². The summed E-state index contributed by atoms with van der Waals surface area (Å²) in [5.41, 5.74) is 3.59. The molecule has 0 radical (unpaired) electrons. The van der Waals surface area contributed by atoms with Gasteiger partial charge < -0.3 is 14.6 Å². The third kappa shape index (κ3) is 3.76. The van der Waals surface area contributed by atoms with E-state index in [-0.39, 0.29) is 17.4 Å². The van der Waals surface area contributed by atoms with Crippen molar-refractivity contribution < 1.29 is 9.53 Å². The number of aromatic amines is 1. The molecule has 5 heteroatoms. The number of ether oxygens (including phenoxy) is 1. The van der Waals surface area contributed by atoms with Crippen LogP contribution in [0, 0.1) is 19.8 Å². The molecule has 1 aromatic carbocycles. The number of nitrogens with one attached hydrogen (secondary N) is 1. The average molecular weight is 342 g/mol. The number of amides is 1. The molecule has 1 fully saturated rings. The Morgan fingerprint density at radius 2 is 2.04 bits per heavy atom. The third-order valence-corrected chi connectivity index (χ3v) is 5.06. The molecule has 0 saturated heterocycles. The first-order chi connectivity index (χ1) is 12.0. The Balaban J connectivity index is 1.91. The number of benzene rings is 1. The lowest BCUT2D eigenvalue weighted by atomic mass is 9.84. The molecule has 134 valence electrons. The summed E-state index contributed by atoms with van der Waals surface area (Å²) in [6.07, 6.45) is 3.02. The Hall–Kier alpha value is -2.14. The lowest BCUT2D eigenvalue weighted by molar-refractivity contribution is -0.139. The summed E-state index contributed by atoms with van der Waals surface area (Å²) in [4.78, 5) is 30.0. The molecule has 1 N–H and O–H groups in total. The highest BCUT2D eigenvalue weighted by atomic mass is 16.5. The van der Waals surface area contributed by atoms with E-state index in [0.29, 0.717) is 25.3 Å². The predicted molar refractivity (Wildman–Crippen MR) is 98.7 cm³/mol. The van der Waals surface area contributed by atoms with Crippen LogP contribution < -0.4 is 5.56 Å². The highest BCUT2D eigenvalue weighted by molar-refractivity contribution is 5.83. The van der Waals surface area contributed by atoms with Crippen LogP contribution in [-0.4, -0.2) is 36.1 Å². The van der Waals surface area contributed by atoms with Crippen molar-refractivity contribution in [3.63, 3.8) is 0 Å². The number of H-pyrrole nitrogens is 1. The first-order valence-corrected chi connectivity index (χ1v) is 8.90. The summed E-state index contributed by atoms with van der Waals surface area (Å²) in [5.74, 6) is 0.254. The van der Waals surface area contributed by atoms with Gasteiger partial charge in [-0.05, 0) is 49.8 Å². The molecule has 1 heterocycles. The molecule has 0 bridgehead atoms. The Labute approximate surface area is 148 Å². The van der Waals surface area contributed by atoms with Crippen molar-refractivity contribution in [2.75, 3.05) is 20.3 Å². The van der Waals surface area contributed by atoms with Gasteiger partial charge in [0.2, 0.25) is 5.91 Å². The Bertz CT molecular complexity index is 837. The maximum atomic E-state index is 12.7. The van der Waals surface area contributed by atoms with Crippen LogP contribution in [0.4, 0.5) is 0 Å². The van der Waals surface area contributed by atoms with Crippen LogP contribution in [0.5, 0.6) is 0 Å². The molecular weight excluding hydrogens is 316 g/mol. The van der Waals surface area contributed by atoms with E-state index in [4.69, 9.17) is 4.74 Å². The maximum absolute atomic E-state index is 12.7. The number of carbonyl (C=O) groups excluding carboxylic acids is 1. The number of carbonyl (C=O) groups is 1. The molecule has 2 aromatic rings. The van der Waals surface area contributed by atoms with Crippen LogP contribution in [-0.2, 0) is 16.1 Å². The molecule has 0 aliphatic heterocycles. The monoisotopic (exact) mass is 342 g/mol. The fourth-order valence-electron chi connectivity index (χ4n) is 3.44. The van der Waals surface area contributed by atoms with Crippen LogP contribution in [0.1, 0.15) is 36.0 Å². The van der Waals surface area contributed by atoms with E-state index in [9.17, 15) is 9.59 Å². The fourth-order valence-corrected chi connectivity index (χ4v) is 3.44. The standard InChI is InChI=1S/C20H26N2O3/c1-13-9-14(2)18-16(10-13)11-17(19(23)21-18)12-22(7-8-25-3)20(24)15-5-4-6-15/h9-11,15H,4-8,12H2,1-3H3,(H,21,23). The van der Waals surface area contributed by atoms with Gasteiger partial charge in [-0.15, -0.1) is 0 Å². The number of fused-ring (bicyclic) bond motifs is 1. The zero-order valence-electron chi connectivity index (χ0n) is 15.2. The number of methoxy groups -OCH3 is 1. The van der Waals surface area contributed by atoms with Gasteiger partial charge in [-0.2, -0.15) is 0 Å². The second-order valence-electron chi connectivity index (χ2n) is 7.05. The van der Waals surface area contributed by atoms with E-state index in [1.807, 2.05) is 19.9 Å². The summed E-state index contributed by atoms with van der Waals surface area (Å²) < 4.78 is 5.14. The van der Waals surface area contributed by atoms with Gasteiger partial charge in [0.15, 0.2) is 0 Å². The molecular formula is C20H26N2O3. The van der Waals surface area contributed by atoms with Gasteiger partial charge >= 0.3 is 0 Å². The van der Waals surface area contributed by atoms with Crippen LogP contribution in [0.25, 0.3) is 10.9 Å². The molecule has 0 spiro atoms. The summed E-state index contributed by atoms with van der Waals surface area (Å²) in [5, 5.41) is 1.01. The van der Waals surface area contributed by atoms with Crippen molar-refractivity contribution in [3.8, 4) is 0 Å². The molecule has 5 nitrogen and oxygen atoms in total. The lowest BCUT2D eigenvalue weighted by Crippen LogP contribution is -2.41. The molecule has 1 aliphatic carbocycles. The molecule has 25 heavy (non-hydrogen) atoms. The number of hydrogen-bond donors (Lipinski definition) is 1. The fraction of sp³-hybridized carbons (Fsp3) is 0.500. The zero-order chi connectivity index (χ0) is 18.0. The number of aromatic nitrogens is 1. The molecule has 0 atom stereocenters. The van der Waals surface area contributed by atoms with Crippen LogP contribution in [0.2, 0.25) is 0 Å². The number of aryl methyl sites for hydroxylation is 2. The molecule has 1 amide bonds. The van der Waals surface area contributed by atoms with Gasteiger partial charge in [0.05, 0.1) is 18.7 Å². The number of nitrogens with zero attached hydrogens (tertiary/aromatic N) is 1. The van der Waals surface area contributed by atoms with Crippen molar-refractivity contribution in [1.29, 1.82) is 0 Å². The van der Waals surface area contributed by atoms with Crippen LogP contribution in [0.3, 0.4) is 0 Å². The van der Waals surface area contributed by atoms with Crippen molar-refractivity contribution in [3.05, 3.63) is 45.2 Å². The summed E-state index contributed by atoms with van der Waals surface area (Å²) in [6, 6.07) is 6.04. The van der Waals surface area contributed by atoms with Crippen molar-refractivity contribution in [2.24, 2.45) is 5.92 Å². The van der Waals surface area contributed by atoms with Crippen molar-refractivity contribution >= 4 is 16.8 Å². The summed E-state index contributed by atoms with van der Waals surface area (Å²) in [6.45, 7) is 5.35. The van der Waals surface area contributed by atoms with E-state index in [2.05, 4.69) is 17.1 Å². The summed E-state index contributed by atoms with van der Waals surface area (Å²) >= 11 is 0. The quantitative estimate of drug-likeness (QED) is 0.878. The maximum Gasteiger partial charge on any atom is 0.253 e. The van der Waals surface area contributed by atoms with E-state index in [1.165, 1.54) is 0 Å². The Morgan fingerprint density at radius 3 is 2.68 bits per heavy atom. The smallest absolute Gasteiger partial charge is 0.253 e. The SMILES string of the molecule is COCCN(Cc1cc2cc(C)cc(C)c2[nH]c1=O)C(=O)C1CCC1. The second-order valence-corrected chi connectivity index (χ2v) is 7.05. The topological polar surface area (TPSA) is 62.4 Å². The second kappa shape index (κ2) is 7.40. The lowest BCUT2D eigenvalue weighted by Gasteiger charge is -2.31. The minimum absolute atomic E-state index is 0.112. The van der Waals surface area contributed by atoms with Gasteiger partial charge in [-0.3, -0.25) is 9.59 Å².